The van der Waals surface area contributed by atoms with Gasteiger partial charge in [-0.1, -0.05) is 23.5 Å². The smallest absolute Gasteiger partial charge is 0.228 e. The van der Waals surface area contributed by atoms with Crippen LogP contribution in [0.1, 0.15) is 24.0 Å². The zero-order valence-electron chi connectivity index (χ0n) is 19.4. The van der Waals surface area contributed by atoms with Gasteiger partial charge in [0.05, 0.1) is 17.3 Å². The zero-order valence-corrected chi connectivity index (χ0v) is 21.8. The third-order valence-electron chi connectivity index (χ3n) is 5.10. The molecule has 5 nitrogen and oxygen atoms in total. The van der Waals surface area contributed by atoms with Crippen LogP contribution in [0, 0.1) is 13.8 Å². The predicted molar refractivity (Wildman–Crippen MR) is 140 cm³/mol. The molecule has 3 aromatic rings. The molecule has 0 saturated heterocycles. The molecule has 2 aromatic carbocycles. The maximum atomic E-state index is 13.1. The number of fused-ring (bicyclic) bond motifs is 1. The zero-order chi connectivity index (χ0) is 22.4. The first-order chi connectivity index (χ1) is 14.9. The van der Waals surface area contributed by atoms with Crippen LogP contribution in [-0.4, -0.2) is 55.8 Å². The van der Waals surface area contributed by atoms with Gasteiger partial charge in [-0.2, -0.15) is 0 Å². The quantitative estimate of drug-likeness (QED) is 0.263. The van der Waals surface area contributed by atoms with Gasteiger partial charge in [0.1, 0.15) is 5.75 Å². The van der Waals surface area contributed by atoms with Crippen molar-refractivity contribution in [3.63, 3.8) is 0 Å². The second-order valence-electron chi connectivity index (χ2n) is 7.85. The molecule has 32 heavy (non-hydrogen) atoms. The van der Waals surface area contributed by atoms with Gasteiger partial charge in [-0.3, -0.25) is 9.69 Å². The average Bonchev–Trinajstić information content (AvgIpc) is 3.21. The number of ether oxygens (including phenoxy) is 1. The van der Waals surface area contributed by atoms with E-state index < -0.39 is 0 Å². The monoisotopic (exact) mass is 493 g/mol. The number of thiazole rings is 1. The van der Waals surface area contributed by atoms with E-state index in [1.165, 1.54) is 15.2 Å². The molecular formula is C24H32ClN3O2S2. The minimum Gasteiger partial charge on any atom is -0.497 e. The van der Waals surface area contributed by atoms with Gasteiger partial charge in [-0.25, -0.2) is 4.98 Å². The summed E-state index contributed by atoms with van der Waals surface area (Å²) in [6.07, 6.45) is 1.35. The Morgan fingerprint density at radius 2 is 1.75 bits per heavy atom. The molecule has 3 rings (SSSR count). The second kappa shape index (κ2) is 12.4. The van der Waals surface area contributed by atoms with Crippen molar-refractivity contribution in [1.29, 1.82) is 0 Å². The summed E-state index contributed by atoms with van der Waals surface area (Å²) in [5.41, 5.74) is 3.37. The van der Waals surface area contributed by atoms with Crippen LogP contribution in [0.5, 0.6) is 5.75 Å². The van der Waals surface area contributed by atoms with E-state index >= 15 is 0 Å². The largest absolute Gasteiger partial charge is 0.497 e. The Bertz CT molecular complexity index is 983. The average molecular weight is 494 g/mol. The van der Waals surface area contributed by atoms with Gasteiger partial charge >= 0.3 is 0 Å². The van der Waals surface area contributed by atoms with Crippen LogP contribution < -0.4 is 9.64 Å². The van der Waals surface area contributed by atoms with E-state index in [0.717, 1.165) is 40.7 Å². The lowest BCUT2D eigenvalue weighted by molar-refractivity contribution is -0.118. The Morgan fingerprint density at radius 3 is 2.38 bits per heavy atom. The molecular weight excluding hydrogens is 462 g/mol. The Hall–Kier alpha value is -1.80. The summed E-state index contributed by atoms with van der Waals surface area (Å²) in [6.45, 7) is 5.63. The molecule has 0 radical (unpaired) electrons. The van der Waals surface area contributed by atoms with E-state index in [-0.39, 0.29) is 18.3 Å². The van der Waals surface area contributed by atoms with Crippen molar-refractivity contribution in [1.82, 2.24) is 9.88 Å². The molecule has 0 unspecified atom stereocenters. The highest BCUT2D eigenvalue weighted by atomic mass is 35.5. The molecule has 1 heterocycles. The summed E-state index contributed by atoms with van der Waals surface area (Å²) in [5.74, 6) is 1.90. The molecule has 0 aliphatic carbocycles. The maximum absolute atomic E-state index is 13.1. The molecule has 0 atom stereocenters. The number of halogens is 1. The number of rotatable bonds is 10. The lowest BCUT2D eigenvalue weighted by Crippen LogP contribution is -2.36. The number of hydrogen-bond donors (Lipinski definition) is 0. The number of anilines is 1. The number of aromatic nitrogens is 1. The van der Waals surface area contributed by atoms with Crippen molar-refractivity contribution >= 4 is 56.8 Å². The molecule has 0 aliphatic heterocycles. The lowest BCUT2D eigenvalue weighted by atomic mass is 10.1. The normalized spacial score (nSPS) is 10.9. The summed E-state index contributed by atoms with van der Waals surface area (Å²) in [4.78, 5) is 23.2. The summed E-state index contributed by atoms with van der Waals surface area (Å²) in [5, 5.41) is 0.807. The Labute approximate surface area is 205 Å². The Kier molecular flexibility index (Phi) is 10.3. The number of benzene rings is 2. The van der Waals surface area contributed by atoms with Gasteiger partial charge in [-0.15, -0.1) is 24.2 Å². The van der Waals surface area contributed by atoms with E-state index in [1.807, 2.05) is 31.1 Å². The van der Waals surface area contributed by atoms with Gasteiger partial charge in [0, 0.05) is 24.4 Å². The van der Waals surface area contributed by atoms with Crippen LogP contribution >= 0.6 is 35.5 Å². The van der Waals surface area contributed by atoms with E-state index in [4.69, 9.17) is 9.72 Å². The predicted octanol–water partition coefficient (Wildman–Crippen LogP) is 5.81. The van der Waals surface area contributed by atoms with Gasteiger partial charge in [0.25, 0.3) is 0 Å². The molecule has 1 aromatic heterocycles. The van der Waals surface area contributed by atoms with Crippen LogP contribution in [0.25, 0.3) is 10.2 Å². The molecule has 174 valence electrons. The number of carbonyl (C=O) groups is 1. The topological polar surface area (TPSA) is 45.7 Å². The van der Waals surface area contributed by atoms with Gasteiger partial charge < -0.3 is 9.64 Å². The Morgan fingerprint density at radius 1 is 1.06 bits per heavy atom. The van der Waals surface area contributed by atoms with Crippen LogP contribution in [0.3, 0.4) is 0 Å². The lowest BCUT2D eigenvalue weighted by Gasteiger charge is -2.22. The number of carbonyl (C=O) groups excluding carboxylic acids is 1. The minimum absolute atomic E-state index is 0. The molecule has 0 fully saturated rings. The minimum atomic E-state index is 0. The van der Waals surface area contributed by atoms with E-state index in [1.54, 1.807) is 30.2 Å². The third-order valence-corrected chi connectivity index (χ3v) is 7.41. The highest BCUT2D eigenvalue weighted by Gasteiger charge is 2.20. The summed E-state index contributed by atoms with van der Waals surface area (Å²) >= 11 is 3.39. The number of likely N-dealkylation sites (N-methyl/N-ethyl adjacent to an activating group) is 1. The van der Waals surface area contributed by atoms with Crippen LogP contribution in [-0.2, 0) is 4.79 Å². The molecule has 0 aliphatic rings. The first-order valence-corrected chi connectivity index (χ1v) is 12.3. The third kappa shape index (κ3) is 6.85. The number of aryl methyl sites for hydroxylation is 2. The van der Waals surface area contributed by atoms with Crippen LogP contribution in [0.4, 0.5) is 5.13 Å². The molecule has 8 heteroatoms. The number of thioether (sulfide) groups is 1. The van der Waals surface area contributed by atoms with Crippen molar-refractivity contribution in [2.24, 2.45) is 0 Å². The molecule has 0 spiro atoms. The number of amides is 1. The fourth-order valence-corrected chi connectivity index (χ4v) is 5.22. The van der Waals surface area contributed by atoms with Crippen molar-refractivity contribution in [2.75, 3.05) is 44.9 Å². The second-order valence-corrected chi connectivity index (χ2v) is 10.00. The van der Waals surface area contributed by atoms with Crippen molar-refractivity contribution in [3.05, 3.63) is 47.5 Å². The van der Waals surface area contributed by atoms with Gasteiger partial charge in [-0.05, 0) is 75.5 Å². The van der Waals surface area contributed by atoms with Crippen LogP contribution in [0.2, 0.25) is 0 Å². The number of hydrogen-bond acceptors (Lipinski definition) is 6. The SMILES string of the molecule is COc1ccc(SCCCC(=O)N(CCN(C)C)c2nc3c(C)ccc(C)c3s2)cc1.Cl. The molecule has 0 N–H and O–H groups in total. The van der Waals surface area contributed by atoms with Crippen molar-refractivity contribution in [3.8, 4) is 5.75 Å². The highest BCUT2D eigenvalue weighted by molar-refractivity contribution is 7.99. The Balaban J connectivity index is 0.00000363. The fraction of sp³-hybridized carbons (Fsp3) is 0.417. The number of methoxy groups -OCH3 is 1. The highest BCUT2D eigenvalue weighted by Crippen LogP contribution is 2.33. The molecule has 0 bridgehead atoms. The number of nitrogens with zero attached hydrogens (tertiary/aromatic N) is 3. The van der Waals surface area contributed by atoms with Gasteiger partial charge in [0.15, 0.2) is 5.13 Å². The van der Waals surface area contributed by atoms with Crippen molar-refractivity contribution in [2.45, 2.75) is 31.6 Å². The molecule has 0 saturated carbocycles. The van der Waals surface area contributed by atoms with E-state index in [9.17, 15) is 4.79 Å². The summed E-state index contributed by atoms with van der Waals surface area (Å²) < 4.78 is 6.38. The maximum Gasteiger partial charge on any atom is 0.228 e. The molecule has 1 amide bonds. The van der Waals surface area contributed by atoms with Crippen LogP contribution in [0.15, 0.2) is 41.3 Å². The summed E-state index contributed by atoms with van der Waals surface area (Å²) in [7, 11) is 5.73. The summed E-state index contributed by atoms with van der Waals surface area (Å²) in [6, 6.07) is 12.3. The van der Waals surface area contributed by atoms with Gasteiger partial charge in [0.2, 0.25) is 5.91 Å². The first-order valence-electron chi connectivity index (χ1n) is 10.5. The van der Waals surface area contributed by atoms with E-state index in [0.29, 0.717) is 13.0 Å². The standard InChI is InChI=1S/C24H31N3O2S2.ClH/c1-17-8-9-18(2)23-22(17)25-24(31-23)27(15-14-26(3)4)21(28)7-6-16-30-20-12-10-19(29-5)11-13-20;/h8-13H,6-7,14-16H2,1-5H3;1H. The van der Waals surface area contributed by atoms with E-state index in [2.05, 4.69) is 43.0 Å². The fourth-order valence-electron chi connectivity index (χ4n) is 3.21. The van der Waals surface area contributed by atoms with Crippen molar-refractivity contribution < 1.29 is 9.53 Å². The first kappa shape index (κ1) is 26.5.